The number of aliphatic carboxylic acids is 1. The third-order valence-corrected chi connectivity index (χ3v) is 4.68. The van der Waals surface area contributed by atoms with Gasteiger partial charge in [0.25, 0.3) is 0 Å². The first-order chi connectivity index (χ1) is 10.0. The van der Waals surface area contributed by atoms with Crippen LogP contribution in [0.1, 0.15) is 43.3 Å². The van der Waals surface area contributed by atoms with Crippen molar-refractivity contribution in [3.8, 4) is 0 Å². The summed E-state index contributed by atoms with van der Waals surface area (Å²) in [7, 11) is 0. The molecule has 0 aliphatic rings. The average Bonchev–Trinajstić information content (AvgIpc) is 2.85. The standard InChI is InChI=1S/C14H22N2O3S2/c1-3-4-5-12(14(18)19)16-13(17)6-7-20-8-11-9-21-10(2)15-11/h9,12H,3-8H2,1-2H3,(H,16,17)(H,18,19)/t12-/m0/s1. The number of thiazole rings is 1. The average molecular weight is 330 g/mol. The van der Waals surface area contributed by atoms with Crippen LogP contribution in [0.25, 0.3) is 0 Å². The lowest BCUT2D eigenvalue weighted by molar-refractivity contribution is -0.142. The number of carbonyl (C=O) groups excluding carboxylic acids is 1. The highest BCUT2D eigenvalue weighted by Crippen LogP contribution is 2.15. The molecule has 0 unspecified atom stereocenters. The maximum atomic E-state index is 11.7. The number of unbranched alkanes of at least 4 members (excludes halogenated alkanes) is 1. The summed E-state index contributed by atoms with van der Waals surface area (Å²) in [4.78, 5) is 27.1. The fourth-order valence-electron chi connectivity index (χ4n) is 1.75. The molecule has 1 heterocycles. The predicted molar refractivity (Wildman–Crippen MR) is 86.7 cm³/mol. The highest BCUT2D eigenvalue weighted by atomic mass is 32.2. The summed E-state index contributed by atoms with van der Waals surface area (Å²) >= 11 is 3.26. The first kappa shape index (κ1) is 18.0. The van der Waals surface area contributed by atoms with Gasteiger partial charge in [-0.05, 0) is 13.3 Å². The number of aryl methyl sites for hydroxylation is 1. The van der Waals surface area contributed by atoms with Crippen molar-refractivity contribution in [2.75, 3.05) is 5.75 Å². The van der Waals surface area contributed by atoms with Crippen molar-refractivity contribution in [1.82, 2.24) is 10.3 Å². The number of carboxylic acid groups (broad SMARTS) is 1. The van der Waals surface area contributed by atoms with Gasteiger partial charge in [-0.25, -0.2) is 9.78 Å². The number of thioether (sulfide) groups is 1. The second-order valence-electron chi connectivity index (χ2n) is 4.76. The van der Waals surface area contributed by atoms with Crippen LogP contribution in [0.2, 0.25) is 0 Å². The number of nitrogens with zero attached hydrogens (tertiary/aromatic N) is 1. The van der Waals surface area contributed by atoms with E-state index in [9.17, 15) is 9.59 Å². The van der Waals surface area contributed by atoms with E-state index in [-0.39, 0.29) is 5.91 Å². The van der Waals surface area contributed by atoms with E-state index in [0.29, 0.717) is 18.6 Å². The van der Waals surface area contributed by atoms with Gasteiger partial charge in [0.2, 0.25) is 5.91 Å². The molecular formula is C14H22N2O3S2. The Bertz CT molecular complexity index is 463. The van der Waals surface area contributed by atoms with Crippen LogP contribution < -0.4 is 5.32 Å². The van der Waals surface area contributed by atoms with Gasteiger partial charge in [-0.1, -0.05) is 19.8 Å². The van der Waals surface area contributed by atoms with Crippen molar-refractivity contribution in [1.29, 1.82) is 0 Å². The third-order valence-electron chi connectivity index (χ3n) is 2.87. The summed E-state index contributed by atoms with van der Waals surface area (Å²) in [5, 5.41) is 14.7. The molecule has 0 aliphatic carbocycles. The number of amides is 1. The van der Waals surface area contributed by atoms with E-state index in [1.54, 1.807) is 23.1 Å². The monoisotopic (exact) mass is 330 g/mol. The summed E-state index contributed by atoms with van der Waals surface area (Å²) in [6, 6.07) is -0.761. The van der Waals surface area contributed by atoms with E-state index in [1.807, 2.05) is 19.2 Å². The lowest BCUT2D eigenvalue weighted by Gasteiger charge is -2.13. The van der Waals surface area contributed by atoms with Gasteiger partial charge in [-0.15, -0.1) is 11.3 Å². The van der Waals surface area contributed by atoms with Gasteiger partial charge < -0.3 is 10.4 Å². The Labute approximate surface area is 133 Å². The fraction of sp³-hybridized carbons (Fsp3) is 0.643. The molecule has 2 N–H and O–H groups in total. The molecule has 0 radical (unpaired) electrons. The highest BCUT2D eigenvalue weighted by molar-refractivity contribution is 7.98. The Hall–Kier alpha value is -1.08. The van der Waals surface area contributed by atoms with Crippen LogP contribution in [-0.4, -0.2) is 33.8 Å². The highest BCUT2D eigenvalue weighted by Gasteiger charge is 2.18. The lowest BCUT2D eigenvalue weighted by atomic mass is 10.1. The minimum atomic E-state index is -0.956. The summed E-state index contributed by atoms with van der Waals surface area (Å²) < 4.78 is 0. The SMILES string of the molecule is CCCC[C@H](NC(=O)CCSCc1csc(C)n1)C(=O)O. The second kappa shape index (κ2) is 9.78. The molecule has 0 spiro atoms. The zero-order valence-electron chi connectivity index (χ0n) is 12.4. The van der Waals surface area contributed by atoms with Gasteiger partial charge in [-0.2, -0.15) is 11.8 Å². The van der Waals surface area contributed by atoms with Crippen molar-refractivity contribution >= 4 is 35.0 Å². The van der Waals surface area contributed by atoms with Crippen molar-refractivity contribution in [3.05, 3.63) is 16.1 Å². The maximum Gasteiger partial charge on any atom is 0.326 e. The van der Waals surface area contributed by atoms with Crippen molar-refractivity contribution in [2.24, 2.45) is 0 Å². The minimum Gasteiger partial charge on any atom is -0.480 e. The molecule has 1 aromatic rings. The van der Waals surface area contributed by atoms with Crippen LogP contribution in [0, 0.1) is 6.92 Å². The molecule has 0 fully saturated rings. The molecule has 0 aliphatic heterocycles. The van der Waals surface area contributed by atoms with E-state index in [1.165, 1.54) is 0 Å². The molecule has 7 heteroatoms. The number of hydrogen-bond donors (Lipinski definition) is 2. The molecule has 1 aromatic heterocycles. The topological polar surface area (TPSA) is 79.3 Å². The number of nitrogens with one attached hydrogen (secondary N) is 1. The molecule has 118 valence electrons. The largest absolute Gasteiger partial charge is 0.480 e. The summed E-state index contributed by atoms with van der Waals surface area (Å²) in [5.74, 6) is 0.307. The number of carboxylic acids is 1. The zero-order chi connectivity index (χ0) is 15.7. The van der Waals surface area contributed by atoms with Crippen molar-refractivity contribution < 1.29 is 14.7 Å². The third kappa shape index (κ3) is 7.47. The van der Waals surface area contributed by atoms with Gasteiger partial charge in [0, 0.05) is 23.3 Å². The number of hydrogen-bond acceptors (Lipinski definition) is 5. The quantitative estimate of drug-likeness (QED) is 0.645. The van der Waals surface area contributed by atoms with Crippen molar-refractivity contribution in [2.45, 2.75) is 51.3 Å². The van der Waals surface area contributed by atoms with Gasteiger partial charge in [0.1, 0.15) is 6.04 Å². The lowest BCUT2D eigenvalue weighted by Crippen LogP contribution is -2.40. The molecule has 21 heavy (non-hydrogen) atoms. The van der Waals surface area contributed by atoms with Gasteiger partial charge >= 0.3 is 5.97 Å². The molecular weight excluding hydrogens is 308 g/mol. The number of carbonyl (C=O) groups is 2. The minimum absolute atomic E-state index is 0.194. The maximum absolute atomic E-state index is 11.7. The molecule has 5 nitrogen and oxygen atoms in total. The molecule has 0 saturated carbocycles. The van der Waals surface area contributed by atoms with Gasteiger partial charge in [-0.3, -0.25) is 4.79 Å². The molecule has 0 aromatic carbocycles. The number of aromatic nitrogens is 1. The Morgan fingerprint density at radius 2 is 2.29 bits per heavy atom. The summed E-state index contributed by atoms with van der Waals surface area (Å²) in [6.07, 6.45) is 2.55. The normalized spacial score (nSPS) is 12.1. The van der Waals surface area contributed by atoms with Crippen LogP contribution in [0.4, 0.5) is 0 Å². The van der Waals surface area contributed by atoms with E-state index >= 15 is 0 Å². The Balaban J connectivity index is 2.21. The van der Waals surface area contributed by atoms with Crippen LogP contribution >= 0.6 is 23.1 Å². The van der Waals surface area contributed by atoms with E-state index in [2.05, 4.69) is 10.3 Å². The zero-order valence-corrected chi connectivity index (χ0v) is 14.1. The number of rotatable bonds is 10. The van der Waals surface area contributed by atoms with E-state index < -0.39 is 12.0 Å². The van der Waals surface area contributed by atoms with Crippen LogP contribution in [0.15, 0.2) is 5.38 Å². The fourth-order valence-corrected chi connectivity index (χ4v) is 3.30. The molecule has 1 atom stereocenters. The molecule has 0 bridgehead atoms. The summed E-state index contributed by atoms with van der Waals surface area (Å²) in [6.45, 7) is 3.96. The Morgan fingerprint density at radius 1 is 1.52 bits per heavy atom. The van der Waals surface area contributed by atoms with Gasteiger partial charge in [0.05, 0.1) is 10.7 Å². The first-order valence-electron chi connectivity index (χ1n) is 7.03. The summed E-state index contributed by atoms with van der Waals surface area (Å²) in [5.41, 5.74) is 1.04. The van der Waals surface area contributed by atoms with Crippen molar-refractivity contribution in [3.63, 3.8) is 0 Å². The van der Waals surface area contributed by atoms with Crippen LogP contribution in [0.3, 0.4) is 0 Å². The Kier molecular flexibility index (Phi) is 8.37. The van der Waals surface area contributed by atoms with E-state index in [0.717, 1.165) is 29.3 Å². The van der Waals surface area contributed by atoms with Crippen LogP contribution in [-0.2, 0) is 15.3 Å². The predicted octanol–water partition coefficient (Wildman–Crippen LogP) is 2.83. The first-order valence-corrected chi connectivity index (χ1v) is 9.07. The van der Waals surface area contributed by atoms with Gasteiger partial charge in [0.15, 0.2) is 0 Å². The molecule has 1 amide bonds. The van der Waals surface area contributed by atoms with Crippen LogP contribution in [0.5, 0.6) is 0 Å². The molecule has 0 saturated heterocycles. The second-order valence-corrected chi connectivity index (χ2v) is 6.93. The Morgan fingerprint density at radius 3 is 2.86 bits per heavy atom. The molecule has 1 rings (SSSR count). The smallest absolute Gasteiger partial charge is 0.326 e. The van der Waals surface area contributed by atoms with E-state index in [4.69, 9.17) is 5.11 Å².